The molecule has 0 unspecified atom stereocenters. The Labute approximate surface area is 334 Å². The van der Waals surface area contributed by atoms with Gasteiger partial charge in [-0.05, 0) is 52.0 Å². The minimum Gasteiger partial charge on any atom is -0.308 e. The van der Waals surface area contributed by atoms with Crippen LogP contribution in [0.3, 0.4) is 0 Å². The quantitative estimate of drug-likeness (QED) is 0.177. The number of anilines is 2. The summed E-state index contributed by atoms with van der Waals surface area (Å²) in [6.07, 6.45) is 0. The van der Waals surface area contributed by atoms with E-state index in [0.29, 0.717) is 30.8 Å². The maximum atomic E-state index is 13.2. The van der Waals surface area contributed by atoms with Gasteiger partial charge in [0.05, 0.1) is 22.8 Å². The number of rotatable bonds is 4. The molecule has 0 bridgehead atoms. The molecule has 296 valence electrons. The molecule has 0 saturated heterocycles. The fourth-order valence-corrected chi connectivity index (χ4v) is 6.67. The van der Waals surface area contributed by atoms with Crippen molar-refractivity contribution in [3.8, 4) is 45.0 Å². The summed E-state index contributed by atoms with van der Waals surface area (Å²) in [4.78, 5) is 30.0. The summed E-state index contributed by atoms with van der Waals surface area (Å²) in [5, 5.41) is 17.5. The fourth-order valence-electron chi connectivity index (χ4n) is 6.67. The first-order valence-electron chi connectivity index (χ1n) is 20.4. The van der Waals surface area contributed by atoms with Crippen molar-refractivity contribution in [2.45, 2.75) is 96.2 Å². The first kappa shape index (κ1) is 44.5. The van der Waals surface area contributed by atoms with E-state index in [-0.39, 0.29) is 11.8 Å². The topological polar surface area (TPSA) is 102 Å². The third-order valence-corrected chi connectivity index (χ3v) is 8.92. The van der Waals surface area contributed by atoms with E-state index in [1.165, 1.54) is 0 Å². The zero-order valence-corrected chi connectivity index (χ0v) is 35.5. The highest BCUT2D eigenvalue weighted by molar-refractivity contribution is 6.15. The van der Waals surface area contributed by atoms with Crippen molar-refractivity contribution >= 4 is 23.2 Å². The Morgan fingerprint density at radius 3 is 1.16 bits per heavy atom. The molecule has 2 aliphatic rings. The monoisotopic (exact) mass is 756 g/mol. The molecular weight excluding hydrogens is 697 g/mol. The number of aryl methyl sites for hydroxylation is 2. The lowest BCUT2D eigenvalue weighted by atomic mass is 9.95. The van der Waals surface area contributed by atoms with Crippen LogP contribution in [0.25, 0.3) is 45.0 Å². The number of benzene rings is 4. The largest absolute Gasteiger partial charge is 0.308 e. The Balaban J connectivity index is 0.000000255. The molecule has 6 aromatic rings. The number of amides is 2. The summed E-state index contributed by atoms with van der Waals surface area (Å²) in [6, 6.07) is 31.2. The maximum absolute atomic E-state index is 13.2. The van der Waals surface area contributed by atoms with Crippen molar-refractivity contribution in [2.75, 3.05) is 22.9 Å². The van der Waals surface area contributed by atoms with Crippen molar-refractivity contribution in [3.63, 3.8) is 0 Å². The average molecular weight is 757 g/mol. The van der Waals surface area contributed by atoms with Gasteiger partial charge < -0.3 is 9.80 Å². The number of nitrogens with zero attached hydrogens (tertiary/aromatic N) is 8. The van der Waals surface area contributed by atoms with Crippen LogP contribution < -0.4 is 9.80 Å². The van der Waals surface area contributed by atoms with Crippen LogP contribution in [0.5, 0.6) is 0 Å². The molecule has 0 fully saturated rings. The van der Waals surface area contributed by atoms with Gasteiger partial charge in [-0.15, -0.1) is 10.2 Å². The van der Waals surface area contributed by atoms with Crippen LogP contribution in [-0.4, -0.2) is 54.9 Å². The Morgan fingerprint density at radius 1 is 0.393 bits per heavy atom. The fraction of sp³-hybridized carbons (Fsp3) is 0.348. The predicted molar refractivity (Wildman–Crippen MR) is 233 cm³/mol. The molecule has 4 aromatic carbocycles. The third-order valence-electron chi connectivity index (χ3n) is 8.92. The molecule has 56 heavy (non-hydrogen) atoms. The number of carbonyl (C=O) groups is 2. The van der Waals surface area contributed by atoms with Gasteiger partial charge >= 0.3 is 0 Å². The molecule has 0 aliphatic carbocycles. The van der Waals surface area contributed by atoms with Crippen LogP contribution in [0.4, 0.5) is 11.4 Å². The zero-order valence-electron chi connectivity index (χ0n) is 35.5. The third kappa shape index (κ3) is 8.49. The molecule has 8 rings (SSSR count). The number of para-hydroxylation sites is 2. The highest BCUT2D eigenvalue weighted by Crippen LogP contribution is 2.42. The lowest BCUT2D eigenvalue weighted by Crippen LogP contribution is -2.32. The summed E-state index contributed by atoms with van der Waals surface area (Å²) in [5.74, 6) is 0.00676. The van der Waals surface area contributed by atoms with Crippen LogP contribution in [-0.2, 0) is 13.1 Å². The molecule has 2 aliphatic heterocycles. The summed E-state index contributed by atoms with van der Waals surface area (Å²) in [6.45, 7) is 26.7. The maximum Gasteiger partial charge on any atom is 0.258 e. The molecule has 2 aromatic heterocycles. The van der Waals surface area contributed by atoms with E-state index in [1.54, 1.807) is 0 Å². The summed E-state index contributed by atoms with van der Waals surface area (Å²) in [7, 11) is 0. The second kappa shape index (κ2) is 21.9. The van der Waals surface area contributed by atoms with Crippen molar-refractivity contribution in [1.29, 1.82) is 0 Å². The second-order valence-electron chi connectivity index (χ2n) is 11.4. The molecule has 0 saturated carbocycles. The molecule has 0 spiro atoms. The van der Waals surface area contributed by atoms with Crippen LogP contribution in [0.2, 0.25) is 0 Å². The molecule has 0 N–H and O–H groups in total. The molecule has 0 radical (unpaired) electrons. The van der Waals surface area contributed by atoms with E-state index in [9.17, 15) is 9.59 Å². The number of aromatic nitrogens is 6. The molecule has 2 amide bonds. The van der Waals surface area contributed by atoms with Gasteiger partial charge in [0.1, 0.15) is 11.4 Å². The normalized spacial score (nSPS) is 11.5. The Bertz CT molecular complexity index is 2170. The number of fused-ring (bicyclic) bond motifs is 10. The van der Waals surface area contributed by atoms with Crippen LogP contribution in [0.15, 0.2) is 97.1 Å². The SMILES string of the molecule is CC.CC.CC.CC.CCN1C(=O)c2ccccc2-c2c(nnn2CC)-c2ccccc21.CCN1C(=O)c2ccccc2-c2nnn(CC)c2-c2ccccc21. The zero-order chi connectivity index (χ0) is 41.4. The van der Waals surface area contributed by atoms with Crippen LogP contribution in [0.1, 0.15) is 104 Å². The van der Waals surface area contributed by atoms with Gasteiger partial charge in [-0.25, -0.2) is 9.36 Å². The predicted octanol–water partition coefficient (Wildman–Crippen LogP) is 11.3. The number of hydrogen-bond donors (Lipinski definition) is 0. The minimum atomic E-state index is -0.00255. The summed E-state index contributed by atoms with van der Waals surface area (Å²) >= 11 is 0. The lowest BCUT2D eigenvalue weighted by molar-refractivity contribution is 0.0981. The van der Waals surface area contributed by atoms with E-state index in [2.05, 4.69) is 20.6 Å². The van der Waals surface area contributed by atoms with E-state index in [1.807, 2.05) is 199 Å². The summed E-state index contributed by atoms with van der Waals surface area (Å²) in [5.41, 5.74) is 10.3. The Kier molecular flexibility index (Phi) is 17.4. The van der Waals surface area contributed by atoms with Crippen molar-refractivity contribution < 1.29 is 9.59 Å². The Morgan fingerprint density at radius 2 is 0.714 bits per heavy atom. The number of carbonyl (C=O) groups excluding carboxylic acids is 2. The number of hydrogen-bond acceptors (Lipinski definition) is 6. The van der Waals surface area contributed by atoms with E-state index in [4.69, 9.17) is 0 Å². The highest BCUT2D eigenvalue weighted by atomic mass is 16.2. The minimum absolute atomic E-state index is 0.00255. The highest BCUT2D eigenvalue weighted by Gasteiger charge is 2.31. The van der Waals surface area contributed by atoms with Gasteiger partial charge in [0.2, 0.25) is 0 Å². The average Bonchev–Trinajstić information content (AvgIpc) is 3.91. The second-order valence-corrected chi connectivity index (χ2v) is 11.4. The summed E-state index contributed by atoms with van der Waals surface area (Å²) < 4.78 is 3.76. The van der Waals surface area contributed by atoms with Gasteiger partial charge in [0.15, 0.2) is 0 Å². The molecule has 0 atom stereocenters. The van der Waals surface area contributed by atoms with Crippen LogP contribution >= 0.6 is 0 Å². The molecular formula is C46H60N8O2. The van der Waals surface area contributed by atoms with Crippen molar-refractivity contribution in [1.82, 2.24) is 30.0 Å². The van der Waals surface area contributed by atoms with E-state index >= 15 is 0 Å². The standard InChI is InChI=1S/2C19H18N4O.4C2H6/c1-3-22-16-12-8-7-11-15(16)17-18(23(4-2)21-20-17)13-9-5-6-10-14(13)19(22)24;1-3-22-16-12-8-7-11-15(16)18-17(20-21-23(18)4-2)13-9-5-6-10-14(13)19(22)24;4*1-2/h2*5-12H,3-4H2,1-2H3;4*1-2H3. The Hall–Kier alpha value is -5.90. The van der Waals surface area contributed by atoms with E-state index < -0.39 is 0 Å². The van der Waals surface area contributed by atoms with Gasteiger partial charge in [0.25, 0.3) is 11.8 Å². The van der Waals surface area contributed by atoms with Gasteiger partial charge in [-0.2, -0.15) is 0 Å². The molecule has 10 heteroatoms. The molecule has 4 heterocycles. The van der Waals surface area contributed by atoms with Gasteiger partial charge in [-0.3, -0.25) is 9.59 Å². The van der Waals surface area contributed by atoms with Gasteiger partial charge in [0, 0.05) is 59.6 Å². The van der Waals surface area contributed by atoms with Crippen LogP contribution in [0, 0.1) is 0 Å². The smallest absolute Gasteiger partial charge is 0.258 e. The van der Waals surface area contributed by atoms with E-state index in [0.717, 1.165) is 62.9 Å². The molecule has 10 nitrogen and oxygen atoms in total. The first-order chi connectivity index (χ1) is 27.5. The van der Waals surface area contributed by atoms with Crippen molar-refractivity contribution in [2.24, 2.45) is 0 Å². The first-order valence-corrected chi connectivity index (χ1v) is 20.4. The lowest BCUT2D eigenvalue weighted by Gasteiger charge is -2.27. The van der Waals surface area contributed by atoms with Crippen molar-refractivity contribution in [3.05, 3.63) is 108 Å². The van der Waals surface area contributed by atoms with Gasteiger partial charge in [-0.1, -0.05) is 139 Å².